The molecule has 1 unspecified atom stereocenters. The van der Waals surface area contributed by atoms with E-state index in [9.17, 15) is 9.59 Å². The van der Waals surface area contributed by atoms with Crippen molar-refractivity contribution in [3.63, 3.8) is 0 Å². The molecule has 0 aromatic rings. The predicted molar refractivity (Wildman–Crippen MR) is 47.6 cm³/mol. The second-order valence-corrected chi connectivity index (χ2v) is 3.16. The Kier molecular flexibility index (Phi) is 3.70. The van der Waals surface area contributed by atoms with Crippen molar-refractivity contribution in [1.29, 1.82) is 0 Å². The number of hydrogen-bond acceptors (Lipinski definition) is 3. The van der Waals surface area contributed by atoms with Gasteiger partial charge >= 0.3 is 0 Å². The lowest BCUT2D eigenvalue weighted by atomic mass is 10.1. The van der Waals surface area contributed by atoms with Gasteiger partial charge in [0.05, 0.1) is 0 Å². The first-order valence-corrected chi connectivity index (χ1v) is 4.50. The Morgan fingerprint density at radius 3 is 3.00 bits per heavy atom. The first kappa shape index (κ1) is 9.98. The van der Waals surface area contributed by atoms with Gasteiger partial charge in [0, 0.05) is 13.5 Å². The van der Waals surface area contributed by atoms with Crippen molar-refractivity contribution in [3.8, 4) is 0 Å². The summed E-state index contributed by atoms with van der Waals surface area (Å²) in [5.41, 5.74) is 5.12. The molecule has 1 fully saturated rings. The molecule has 5 heteroatoms. The van der Waals surface area contributed by atoms with E-state index in [0.29, 0.717) is 0 Å². The summed E-state index contributed by atoms with van der Waals surface area (Å²) in [6.07, 6.45) is 2.77. The Morgan fingerprint density at radius 1 is 1.54 bits per heavy atom. The molecule has 1 rings (SSSR count). The summed E-state index contributed by atoms with van der Waals surface area (Å²) in [6.45, 7) is 2.14. The van der Waals surface area contributed by atoms with Gasteiger partial charge in [-0.15, -0.1) is 0 Å². The monoisotopic (exact) mass is 185 g/mol. The zero-order chi connectivity index (χ0) is 9.68. The topological polar surface area (TPSA) is 70.2 Å². The van der Waals surface area contributed by atoms with Crippen LogP contribution in [0.4, 0.5) is 0 Å². The molecule has 13 heavy (non-hydrogen) atoms. The molecule has 0 bridgehead atoms. The maximum atomic E-state index is 11.3. The van der Waals surface area contributed by atoms with E-state index in [-0.39, 0.29) is 17.9 Å². The third-order valence-corrected chi connectivity index (χ3v) is 1.96. The number of carbonyl (C=O) groups excluding carboxylic acids is 2. The normalized spacial score (nSPS) is 23.2. The first-order valence-electron chi connectivity index (χ1n) is 4.50. The molecule has 2 amide bonds. The average Bonchev–Trinajstić information content (AvgIpc) is 2.27. The number of carbonyl (C=O) groups is 2. The molecule has 1 atom stereocenters. The fraction of sp³-hybridized carbons (Fsp3) is 0.750. The SMILES string of the molecule is CC(=O)NNC1CCCCNC1=O. The lowest BCUT2D eigenvalue weighted by molar-refractivity contribution is -0.124. The Morgan fingerprint density at radius 2 is 2.31 bits per heavy atom. The van der Waals surface area contributed by atoms with Crippen LogP contribution in [0.2, 0.25) is 0 Å². The lowest BCUT2D eigenvalue weighted by Gasteiger charge is -2.14. The minimum absolute atomic E-state index is 0.0359. The van der Waals surface area contributed by atoms with Crippen LogP contribution in [0.15, 0.2) is 0 Å². The van der Waals surface area contributed by atoms with Gasteiger partial charge in [-0.1, -0.05) is 0 Å². The van der Waals surface area contributed by atoms with Gasteiger partial charge in [0.2, 0.25) is 11.8 Å². The van der Waals surface area contributed by atoms with Crippen LogP contribution < -0.4 is 16.2 Å². The highest BCUT2D eigenvalue weighted by molar-refractivity contribution is 5.82. The van der Waals surface area contributed by atoms with Crippen molar-refractivity contribution >= 4 is 11.8 Å². The van der Waals surface area contributed by atoms with Crippen LogP contribution in [0.5, 0.6) is 0 Å². The van der Waals surface area contributed by atoms with Crippen LogP contribution in [0.25, 0.3) is 0 Å². The molecule has 3 N–H and O–H groups in total. The predicted octanol–water partition coefficient (Wildman–Crippen LogP) is -0.704. The number of amides is 2. The van der Waals surface area contributed by atoms with Gasteiger partial charge in [0.15, 0.2) is 0 Å². The van der Waals surface area contributed by atoms with Crippen LogP contribution in [0.3, 0.4) is 0 Å². The van der Waals surface area contributed by atoms with Gasteiger partial charge in [0.1, 0.15) is 6.04 Å². The standard InChI is InChI=1S/C8H15N3O2/c1-6(12)10-11-7-4-2-3-5-9-8(7)13/h7,11H,2-5H2,1H3,(H,9,13)(H,10,12). The minimum Gasteiger partial charge on any atom is -0.355 e. The van der Waals surface area contributed by atoms with Crippen LogP contribution >= 0.6 is 0 Å². The van der Waals surface area contributed by atoms with E-state index in [1.54, 1.807) is 0 Å². The molecule has 1 aliphatic heterocycles. The molecule has 0 saturated carbocycles. The highest BCUT2D eigenvalue weighted by Gasteiger charge is 2.19. The van der Waals surface area contributed by atoms with E-state index in [1.807, 2.05) is 0 Å². The number of rotatable bonds is 2. The quantitative estimate of drug-likeness (QED) is 0.498. The summed E-state index contributed by atoms with van der Waals surface area (Å²) < 4.78 is 0. The Labute approximate surface area is 77.2 Å². The molecular formula is C8H15N3O2. The molecule has 1 heterocycles. The van der Waals surface area contributed by atoms with E-state index in [1.165, 1.54) is 6.92 Å². The summed E-state index contributed by atoms with van der Waals surface area (Å²) in [7, 11) is 0. The van der Waals surface area contributed by atoms with Crippen molar-refractivity contribution in [1.82, 2.24) is 16.2 Å². The zero-order valence-corrected chi connectivity index (χ0v) is 7.72. The molecule has 0 aliphatic carbocycles. The van der Waals surface area contributed by atoms with Crippen LogP contribution in [-0.4, -0.2) is 24.4 Å². The van der Waals surface area contributed by atoms with Gasteiger partial charge in [-0.25, -0.2) is 5.43 Å². The molecule has 74 valence electrons. The fourth-order valence-corrected chi connectivity index (χ4v) is 1.27. The van der Waals surface area contributed by atoms with E-state index in [0.717, 1.165) is 25.8 Å². The summed E-state index contributed by atoms with van der Waals surface area (Å²) in [6, 6.07) is -0.286. The molecule has 1 saturated heterocycles. The minimum atomic E-state index is -0.286. The maximum absolute atomic E-state index is 11.3. The van der Waals surface area contributed by atoms with Gasteiger partial charge in [-0.2, -0.15) is 0 Å². The smallest absolute Gasteiger partial charge is 0.238 e. The first-order chi connectivity index (χ1) is 6.20. The summed E-state index contributed by atoms with van der Waals surface area (Å²) in [4.78, 5) is 21.9. The molecule has 0 radical (unpaired) electrons. The van der Waals surface area contributed by atoms with Crippen molar-refractivity contribution in [3.05, 3.63) is 0 Å². The number of hydrogen-bond donors (Lipinski definition) is 3. The van der Waals surface area contributed by atoms with E-state index in [2.05, 4.69) is 16.2 Å². The third-order valence-electron chi connectivity index (χ3n) is 1.96. The highest BCUT2D eigenvalue weighted by Crippen LogP contribution is 2.03. The fourth-order valence-electron chi connectivity index (χ4n) is 1.27. The second kappa shape index (κ2) is 4.81. The van der Waals surface area contributed by atoms with Gasteiger partial charge in [-0.05, 0) is 19.3 Å². The molecular weight excluding hydrogens is 170 g/mol. The summed E-state index contributed by atoms with van der Waals surface area (Å²) >= 11 is 0. The number of hydrazine groups is 1. The Hall–Kier alpha value is -1.10. The van der Waals surface area contributed by atoms with E-state index < -0.39 is 0 Å². The van der Waals surface area contributed by atoms with E-state index in [4.69, 9.17) is 0 Å². The van der Waals surface area contributed by atoms with Crippen molar-refractivity contribution in [2.45, 2.75) is 32.2 Å². The third kappa shape index (κ3) is 3.42. The lowest BCUT2D eigenvalue weighted by Crippen LogP contribution is -2.50. The van der Waals surface area contributed by atoms with Crippen LogP contribution in [0.1, 0.15) is 26.2 Å². The molecule has 0 aromatic carbocycles. The van der Waals surface area contributed by atoms with Crippen LogP contribution in [-0.2, 0) is 9.59 Å². The van der Waals surface area contributed by atoms with Crippen molar-refractivity contribution in [2.75, 3.05) is 6.54 Å². The highest BCUT2D eigenvalue weighted by atomic mass is 16.2. The largest absolute Gasteiger partial charge is 0.355 e. The Balaban J connectivity index is 2.36. The van der Waals surface area contributed by atoms with Gasteiger partial charge in [-0.3, -0.25) is 15.0 Å². The molecule has 1 aliphatic rings. The number of nitrogens with one attached hydrogen (secondary N) is 3. The summed E-state index contributed by atoms with van der Waals surface area (Å²) in [5, 5.41) is 2.77. The van der Waals surface area contributed by atoms with Gasteiger partial charge < -0.3 is 5.32 Å². The molecule has 5 nitrogen and oxygen atoms in total. The van der Waals surface area contributed by atoms with Crippen molar-refractivity contribution in [2.24, 2.45) is 0 Å². The zero-order valence-electron chi connectivity index (χ0n) is 7.72. The van der Waals surface area contributed by atoms with E-state index >= 15 is 0 Å². The summed E-state index contributed by atoms with van der Waals surface area (Å²) in [5.74, 6) is -0.219. The average molecular weight is 185 g/mol. The Bertz CT molecular complexity index is 206. The second-order valence-electron chi connectivity index (χ2n) is 3.16. The van der Waals surface area contributed by atoms with Crippen molar-refractivity contribution < 1.29 is 9.59 Å². The molecule has 0 spiro atoms. The van der Waals surface area contributed by atoms with Crippen LogP contribution in [0, 0.1) is 0 Å². The maximum Gasteiger partial charge on any atom is 0.238 e. The molecule has 0 aromatic heterocycles. The van der Waals surface area contributed by atoms with Gasteiger partial charge in [0.25, 0.3) is 0 Å².